The van der Waals surface area contributed by atoms with E-state index >= 15 is 0 Å². The van der Waals surface area contributed by atoms with Crippen LogP contribution >= 0.6 is 0 Å². The van der Waals surface area contributed by atoms with Gasteiger partial charge in [-0.3, -0.25) is 14.5 Å². The van der Waals surface area contributed by atoms with Crippen LogP contribution in [0, 0.1) is 0 Å². The fourth-order valence-electron chi connectivity index (χ4n) is 5.16. The molecule has 0 bridgehead atoms. The molecule has 33 heavy (non-hydrogen) atoms. The molecular formula is C26H30N4O3. The predicted octanol–water partition coefficient (Wildman–Crippen LogP) is 3.02. The molecule has 1 amide bonds. The minimum absolute atomic E-state index is 0.0129. The molecule has 0 atom stereocenters. The zero-order valence-corrected chi connectivity index (χ0v) is 19.4. The first kappa shape index (κ1) is 21.7. The second kappa shape index (κ2) is 8.01. The number of nitrogen functional groups attached to an aromatic ring is 1. The monoisotopic (exact) mass is 446 g/mol. The van der Waals surface area contributed by atoms with E-state index < -0.39 is 5.41 Å². The number of fused-ring (bicyclic) bond motifs is 4. The Morgan fingerprint density at radius 3 is 2.61 bits per heavy atom. The van der Waals surface area contributed by atoms with Crippen molar-refractivity contribution in [3.8, 4) is 0 Å². The Morgan fingerprint density at radius 1 is 1.12 bits per heavy atom. The van der Waals surface area contributed by atoms with Crippen LogP contribution in [0.3, 0.4) is 0 Å². The Bertz CT molecular complexity index is 1250. The summed E-state index contributed by atoms with van der Waals surface area (Å²) in [5.41, 5.74) is 10.8. The molecular weight excluding hydrogens is 416 g/mol. The summed E-state index contributed by atoms with van der Waals surface area (Å²) in [6.45, 7) is 8.83. The molecule has 172 valence electrons. The SMILES string of the molecule is COCCN1CCN(C(=O)c2ccc3c(c2)C(C)(C)c2[nH]c4cc(N)ccc4c2C3=O)CC1. The van der Waals surface area contributed by atoms with Crippen molar-refractivity contribution in [2.24, 2.45) is 0 Å². The standard InChI is InChI=1S/C26H30N4O3/c1-26(2)20-14-16(25(32)30-10-8-29(9-11-30)12-13-33-3)4-6-18(20)23(31)22-19-7-5-17(27)15-21(19)28-24(22)26/h4-7,14-15,28H,8-13,27H2,1-3H3. The number of hydrogen-bond acceptors (Lipinski definition) is 5. The van der Waals surface area contributed by atoms with Crippen molar-refractivity contribution in [3.63, 3.8) is 0 Å². The minimum atomic E-state index is -0.457. The lowest BCUT2D eigenvalue weighted by Crippen LogP contribution is -2.49. The van der Waals surface area contributed by atoms with Gasteiger partial charge in [0.1, 0.15) is 0 Å². The Morgan fingerprint density at radius 2 is 1.88 bits per heavy atom. The zero-order chi connectivity index (χ0) is 23.3. The molecule has 1 fully saturated rings. The highest BCUT2D eigenvalue weighted by Crippen LogP contribution is 2.44. The quantitative estimate of drug-likeness (QED) is 0.601. The maximum Gasteiger partial charge on any atom is 0.253 e. The molecule has 5 rings (SSSR count). The third-order valence-corrected chi connectivity index (χ3v) is 7.13. The average molecular weight is 447 g/mol. The first-order chi connectivity index (χ1) is 15.8. The number of nitrogens with one attached hydrogen (secondary N) is 1. The summed E-state index contributed by atoms with van der Waals surface area (Å²) in [5.74, 6) is 0.00348. The van der Waals surface area contributed by atoms with Gasteiger partial charge in [0.15, 0.2) is 5.78 Å². The number of aromatic amines is 1. The summed E-state index contributed by atoms with van der Waals surface area (Å²) < 4.78 is 5.16. The van der Waals surface area contributed by atoms with Crippen molar-refractivity contribution in [1.82, 2.24) is 14.8 Å². The first-order valence-electron chi connectivity index (χ1n) is 11.4. The molecule has 1 aliphatic heterocycles. The van der Waals surface area contributed by atoms with Crippen LogP contribution in [0.5, 0.6) is 0 Å². The van der Waals surface area contributed by atoms with Crippen LogP contribution in [0.15, 0.2) is 36.4 Å². The van der Waals surface area contributed by atoms with Gasteiger partial charge in [-0.25, -0.2) is 0 Å². The van der Waals surface area contributed by atoms with Crippen LogP contribution in [0.25, 0.3) is 10.9 Å². The number of aromatic nitrogens is 1. The lowest BCUT2D eigenvalue weighted by molar-refractivity contribution is 0.0593. The van der Waals surface area contributed by atoms with Gasteiger partial charge >= 0.3 is 0 Å². The van der Waals surface area contributed by atoms with E-state index in [0.717, 1.165) is 41.8 Å². The number of amides is 1. The number of nitrogens with two attached hydrogens (primary N) is 1. The van der Waals surface area contributed by atoms with E-state index in [1.54, 1.807) is 13.2 Å². The molecule has 7 nitrogen and oxygen atoms in total. The number of nitrogens with zero attached hydrogens (tertiary/aromatic N) is 2. The smallest absolute Gasteiger partial charge is 0.253 e. The highest BCUT2D eigenvalue weighted by atomic mass is 16.5. The van der Waals surface area contributed by atoms with E-state index in [-0.39, 0.29) is 11.7 Å². The topological polar surface area (TPSA) is 91.7 Å². The molecule has 2 aliphatic rings. The highest BCUT2D eigenvalue weighted by Gasteiger charge is 2.40. The van der Waals surface area contributed by atoms with Gasteiger partial charge in [-0.15, -0.1) is 0 Å². The molecule has 1 aliphatic carbocycles. The molecule has 1 aromatic heterocycles. The van der Waals surface area contributed by atoms with Crippen molar-refractivity contribution in [1.29, 1.82) is 0 Å². The first-order valence-corrected chi connectivity index (χ1v) is 11.4. The Hall–Kier alpha value is -3.16. The van der Waals surface area contributed by atoms with Gasteiger partial charge in [0.25, 0.3) is 5.91 Å². The van der Waals surface area contributed by atoms with Crippen LogP contribution in [0.2, 0.25) is 0 Å². The fraction of sp³-hybridized carbons (Fsp3) is 0.385. The molecule has 3 N–H and O–H groups in total. The molecule has 3 aromatic rings. The number of methoxy groups -OCH3 is 1. The van der Waals surface area contributed by atoms with Gasteiger partial charge in [-0.2, -0.15) is 0 Å². The maximum atomic E-state index is 13.5. The summed E-state index contributed by atoms with van der Waals surface area (Å²) in [6.07, 6.45) is 0. The number of carbonyl (C=O) groups excluding carboxylic acids is 2. The lowest BCUT2D eigenvalue weighted by Gasteiger charge is -2.35. The number of piperazine rings is 1. The number of anilines is 1. The molecule has 2 aromatic carbocycles. The summed E-state index contributed by atoms with van der Waals surface area (Å²) in [4.78, 5) is 34.5. The van der Waals surface area contributed by atoms with Crippen molar-refractivity contribution in [2.75, 3.05) is 52.2 Å². The summed E-state index contributed by atoms with van der Waals surface area (Å²) in [7, 11) is 1.70. The number of ether oxygens (including phenoxy) is 1. The van der Waals surface area contributed by atoms with Crippen LogP contribution in [-0.4, -0.2) is 72.9 Å². The summed E-state index contributed by atoms with van der Waals surface area (Å²) >= 11 is 0. The molecule has 1 saturated heterocycles. The van der Waals surface area contributed by atoms with Crippen molar-refractivity contribution in [3.05, 3.63) is 64.3 Å². The maximum absolute atomic E-state index is 13.5. The number of hydrogen-bond donors (Lipinski definition) is 2. The number of carbonyl (C=O) groups is 2. The van der Waals surface area contributed by atoms with E-state index in [1.807, 2.05) is 35.2 Å². The van der Waals surface area contributed by atoms with Crippen LogP contribution in [-0.2, 0) is 10.2 Å². The molecule has 0 spiro atoms. The lowest BCUT2D eigenvalue weighted by atomic mass is 9.71. The van der Waals surface area contributed by atoms with Crippen molar-refractivity contribution >= 4 is 28.3 Å². The van der Waals surface area contributed by atoms with Crippen LogP contribution < -0.4 is 5.73 Å². The highest BCUT2D eigenvalue weighted by molar-refractivity contribution is 6.20. The van der Waals surface area contributed by atoms with Crippen LogP contribution in [0.4, 0.5) is 5.69 Å². The van der Waals surface area contributed by atoms with Gasteiger partial charge in [-0.05, 0) is 35.9 Å². The Labute approximate surface area is 193 Å². The summed E-state index contributed by atoms with van der Waals surface area (Å²) in [6, 6.07) is 11.1. The number of ketones is 1. The Balaban J connectivity index is 1.46. The van der Waals surface area contributed by atoms with Crippen LogP contribution in [0.1, 0.15) is 51.4 Å². The van der Waals surface area contributed by atoms with Gasteiger partial charge in [0.05, 0.1) is 12.2 Å². The second-order valence-corrected chi connectivity index (χ2v) is 9.52. The number of rotatable bonds is 4. The van der Waals surface area contributed by atoms with E-state index in [9.17, 15) is 9.59 Å². The third kappa shape index (κ3) is 3.52. The van der Waals surface area contributed by atoms with Crippen molar-refractivity contribution in [2.45, 2.75) is 19.3 Å². The molecule has 2 heterocycles. The predicted molar refractivity (Wildman–Crippen MR) is 129 cm³/mol. The second-order valence-electron chi connectivity index (χ2n) is 9.52. The van der Waals surface area contributed by atoms with E-state index in [0.29, 0.717) is 42.1 Å². The minimum Gasteiger partial charge on any atom is -0.399 e. The fourth-order valence-corrected chi connectivity index (χ4v) is 5.16. The van der Waals surface area contributed by atoms with Gasteiger partial charge in [0, 0.05) is 78.7 Å². The van der Waals surface area contributed by atoms with E-state index in [2.05, 4.69) is 23.7 Å². The molecule has 0 saturated carbocycles. The van der Waals surface area contributed by atoms with Gasteiger partial charge in [0.2, 0.25) is 0 Å². The number of benzene rings is 2. The van der Waals surface area contributed by atoms with Crippen molar-refractivity contribution < 1.29 is 14.3 Å². The van der Waals surface area contributed by atoms with Gasteiger partial charge < -0.3 is 20.4 Å². The van der Waals surface area contributed by atoms with Gasteiger partial charge in [-0.1, -0.05) is 19.9 Å². The Kier molecular flexibility index (Phi) is 5.26. The normalized spacial score (nSPS) is 17.8. The summed E-state index contributed by atoms with van der Waals surface area (Å²) in [5, 5.41) is 0.884. The zero-order valence-electron chi connectivity index (χ0n) is 19.4. The largest absolute Gasteiger partial charge is 0.399 e. The number of H-pyrrole nitrogens is 1. The molecule has 7 heteroatoms. The average Bonchev–Trinajstić information content (AvgIpc) is 3.21. The third-order valence-electron chi connectivity index (χ3n) is 7.13. The molecule has 0 unspecified atom stereocenters. The van der Waals surface area contributed by atoms with E-state index in [1.165, 1.54) is 0 Å². The molecule has 0 radical (unpaired) electrons. The van der Waals surface area contributed by atoms with E-state index in [4.69, 9.17) is 10.5 Å².